The Bertz CT molecular complexity index is 536. The van der Waals surface area contributed by atoms with Gasteiger partial charge in [0.05, 0.1) is 12.6 Å². The van der Waals surface area contributed by atoms with Gasteiger partial charge in [0.2, 0.25) is 5.91 Å². The van der Waals surface area contributed by atoms with Crippen LogP contribution in [0.25, 0.3) is 0 Å². The number of nitrogens with one attached hydrogen (secondary N) is 2. The maximum absolute atomic E-state index is 12.3. The summed E-state index contributed by atoms with van der Waals surface area (Å²) in [4.78, 5) is 22.7. The van der Waals surface area contributed by atoms with Crippen molar-refractivity contribution in [1.82, 2.24) is 9.97 Å². The standard InChI is InChI=1S/C15H25N5O2.C2H6/c1-5-6-11-15(22)19-12-13(18-10(7-21)9(2)3)16-8-17-14(12)20(11)4;1-2/h8-11,21H,5-7H2,1-4H3,(H,19,22)(H,16,17,18);1-2H3. The van der Waals surface area contributed by atoms with Crippen LogP contribution < -0.4 is 15.5 Å². The van der Waals surface area contributed by atoms with Gasteiger partial charge < -0.3 is 20.6 Å². The molecule has 3 N–H and O–H groups in total. The van der Waals surface area contributed by atoms with Crippen molar-refractivity contribution in [1.29, 1.82) is 0 Å². The highest BCUT2D eigenvalue weighted by atomic mass is 16.3. The molecule has 2 rings (SSSR count). The molecule has 2 unspecified atom stereocenters. The van der Waals surface area contributed by atoms with E-state index in [0.29, 0.717) is 17.3 Å². The van der Waals surface area contributed by atoms with E-state index in [9.17, 15) is 9.90 Å². The monoisotopic (exact) mass is 337 g/mol. The smallest absolute Gasteiger partial charge is 0.247 e. The summed E-state index contributed by atoms with van der Waals surface area (Å²) in [7, 11) is 1.88. The number of carbonyl (C=O) groups is 1. The number of rotatable bonds is 6. The summed E-state index contributed by atoms with van der Waals surface area (Å²) in [6.45, 7) is 10.1. The number of hydrogen-bond acceptors (Lipinski definition) is 6. The first-order valence-electron chi connectivity index (χ1n) is 8.75. The van der Waals surface area contributed by atoms with Gasteiger partial charge in [0.15, 0.2) is 11.6 Å². The van der Waals surface area contributed by atoms with Crippen LogP contribution in [-0.4, -0.2) is 46.7 Å². The second-order valence-corrected chi connectivity index (χ2v) is 6.00. The normalized spacial score (nSPS) is 17.6. The van der Waals surface area contributed by atoms with E-state index >= 15 is 0 Å². The van der Waals surface area contributed by atoms with Crippen LogP contribution in [0.5, 0.6) is 0 Å². The summed E-state index contributed by atoms with van der Waals surface area (Å²) >= 11 is 0. The van der Waals surface area contributed by atoms with Crippen LogP contribution in [0.3, 0.4) is 0 Å². The number of hydrogen-bond donors (Lipinski definition) is 3. The molecule has 0 spiro atoms. The Morgan fingerprint density at radius 1 is 1.38 bits per heavy atom. The Morgan fingerprint density at radius 3 is 2.58 bits per heavy atom. The average molecular weight is 337 g/mol. The summed E-state index contributed by atoms with van der Waals surface area (Å²) in [5.74, 6) is 1.45. The van der Waals surface area contributed by atoms with Crippen LogP contribution in [0.15, 0.2) is 6.33 Å². The molecule has 0 fully saturated rings. The summed E-state index contributed by atoms with van der Waals surface area (Å²) in [6.07, 6.45) is 3.18. The maximum atomic E-state index is 12.3. The third kappa shape index (κ3) is 4.35. The Hall–Kier alpha value is -1.89. The molecule has 1 aromatic heterocycles. The van der Waals surface area contributed by atoms with E-state index in [1.54, 1.807) is 0 Å². The zero-order chi connectivity index (χ0) is 18.3. The quantitative estimate of drug-likeness (QED) is 0.739. The first-order chi connectivity index (χ1) is 11.5. The predicted molar refractivity (Wildman–Crippen MR) is 98.4 cm³/mol. The fourth-order valence-corrected chi connectivity index (χ4v) is 2.60. The van der Waals surface area contributed by atoms with E-state index in [4.69, 9.17) is 0 Å². The fourth-order valence-electron chi connectivity index (χ4n) is 2.60. The highest BCUT2D eigenvalue weighted by Crippen LogP contribution is 2.35. The SMILES string of the molecule is CC.CCCC1C(=O)Nc2c(NC(CO)C(C)C)ncnc2N1C. The van der Waals surface area contributed by atoms with Gasteiger partial charge in [-0.1, -0.05) is 41.0 Å². The molecule has 0 aliphatic carbocycles. The predicted octanol–water partition coefficient (Wildman–Crippen LogP) is 2.49. The van der Waals surface area contributed by atoms with Crippen molar-refractivity contribution in [3.8, 4) is 0 Å². The number of likely N-dealkylation sites (N-methyl/N-ethyl adjacent to an activating group) is 1. The van der Waals surface area contributed by atoms with Crippen LogP contribution in [0, 0.1) is 5.92 Å². The van der Waals surface area contributed by atoms with Gasteiger partial charge in [-0.25, -0.2) is 9.97 Å². The van der Waals surface area contributed by atoms with Crippen LogP contribution in [0.1, 0.15) is 47.5 Å². The highest BCUT2D eigenvalue weighted by molar-refractivity contribution is 6.05. The van der Waals surface area contributed by atoms with Gasteiger partial charge in [-0.15, -0.1) is 0 Å². The lowest BCUT2D eigenvalue weighted by atomic mass is 10.0. The number of nitrogens with zero attached hydrogens (tertiary/aromatic N) is 3. The second-order valence-electron chi connectivity index (χ2n) is 6.00. The molecule has 1 amide bonds. The van der Waals surface area contributed by atoms with Crippen molar-refractivity contribution in [3.63, 3.8) is 0 Å². The topological polar surface area (TPSA) is 90.4 Å². The molecule has 136 valence electrons. The molecule has 24 heavy (non-hydrogen) atoms. The molecule has 0 radical (unpaired) electrons. The van der Waals surface area contributed by atoms with E-state index in [0.717, 1.165) is 12.8 Å². The van der Waals surface area contributed by atoms with Gasteiger partial charge in [-0.05, 0) is 12.3 Å². The van der Waals surface area contributed by atoms with Gasteiger partial charge in [0.1, 0.15) is 18.1 Å². The summed E-state index contributed by atoms with van der Waals surface area (Å²) < 4.78 is 0. The number of aliphatic hydroxyl groups is 1. The minimum Gasteiger partial charge on any atom is -0.394 e. The molecule has 7 nitrogen and oxygen atoms in total. The first kappa shape index (κ1) is 20.2. The van der Waals surface area contributed by atoms with E-state index in [2.05, 4.69) is 27.5 Å². The summed E-state index contributed by atoms with van der Waals surface area (Å²) in [5.41, 5.74) is 0.585. The van der Waals surface area contributed by atoms with Gasteiger partial charge >= 0.3 is 0 Å². The Kier molecular flexibility index (Phi) is 7.91. The van der Waals surface area contributed by atoms with E-state index in [1.165, 1.54) is 6.33 Å². The lowest BCUT2D eigenvalue weighted by molar-refractivity contribution is -0.117. The van der Waals surface area contributed by atoms with Gasteiger partial charge in [0.25, 0.3) is 0 Å². The maximum Gasteiger partial charge on any atom is 0.247 e. The van der Waals surface area contributed by atoms with Crippen LogP contribution in [0.4, 0.5) is 17.3 Å². The summed E-state index contributed by atoms with van der Waals surface area (Å²) in [5, 5.41) is 15.6. The molecular weight excluding hydrogens is 306 g/mol. The summed E-state index contributed by atoms with van der Waals surface area (Å²) in [6, 6.07) is -0.339. The third-order valence-electron chi connectivity index (χ3n) is 4.07. The van der Waals surface area contributed by atoms with Crippen molar-refractivity contribution < 1.29 is 9.90 Å². The molecule has 2 heterocycles. The highest BCUT2D eigenvalue weighted by Gasteiger charge is 2.33. The number of amides is 1. The number of carbonyl (C=O) groups excluding carboxylic acids is 1. The number of fused-ring (bicyclic) bond motifs is 1. The van der Waals surface area contributed by atoms with Crippen molar-refractivity contribution in [2.24, 2.45) is 5.92 Å². The first-order valence-corrected chi connectivity index (χ1v) is 8.75. The Morgan fingerprint density at radius 2 is 2.04 bits per heavy atom. The van der Waals surface area contributed by atoms with Crippen molar-refractivity contribution in [2.45, 2.75) is 59.5 Å². The van der Waals surface area contributed by atoms with Gasteiger partial charge in [-0.3, -0.25) is 4.79 Å². The number of aromatic nitrogens is 2. The van der Waals surface area contributed by atoms with Crippen molar-refractivity contribution in [2.75, 3.05) is 29.2 Å². The zero-order valence-electron chi connectivity index (χ0n) is 15.6. The number of anilines is 3. The number of aliphatic hydroxyl groups excluding tert-OH is 1. The second kappa shape index (κ2) is 9.42. The van der Waals surface area contributed by atoms with Gasteiger partial charge in [0, 0.05) is 7.05 Å². The molecule has 1 aliphatic rings. The molecule has 0 aromatic carbocycles. The average Bonchev–Trinajstić information content (AvgIpc) is 2.58. The minimum absolute atomic E-state index is 0.00130. The third-order valence-corrected chi connectivity index (χ3v) is 4.07. The van der Waals surface area contributed by atoms with E-state index in [-0.39, 0.29) is 30.5 Å². The largest absolute Gasteiger partial charge is 0.394 e. The van der Waals surface area contributed by atoms with Crippen LogP contribution >= 0.6 is 0 Å². The Labute approximate surface area is 144 Å². The van der Waals surface area contributed by atoms with Crippen LogP contribution in [-0.2, 0) is 4.79 Å². The van der Waals surface area contributed by atoms with E-state index < -0.39 is 0 Å². The molecule has 0 saturated heterocycles. The van der Waals surface area contributed by atoms with Crippen molar-refractivity contribution in [3.05, 3.63) is 6.33 Å². The minimum atomic E-state index is -0.209. The zero-order valence-corrected chi connectivity index (χ0v) is 15.6. The molecule has 1 aromatic rings. The molecule has 1 aliphatic heterocycles. The fraction of sp³-hybridized carbons (Fsp3) is 0.706. The molecule has 2 atom stereocenters. The molecule has 7 heteroatoms. The van der Waals surface area contributed by atoms with E-state index in [1.807, 2.05) is 39.6 Å². The Balaban J connectivity index is 0.00000139. The molecule has 0 saturated carbocycles. The molecular formula is C17H31N5O2. The lowest BCUT2D eigenvalue weighted by Gasteiger charge is -2.35. The van der Waals surface area contributed by atoms with Crippen LogP contribution in [0.2, 0.25) is 0 Å². The lowest BCUT2D eigenvalue weighted by Crippen LogP contribution is -2.46. The van der Waals surface area contributed by atoms with Gasteiger partial charge in [-0.2, -0.15) is 0 Å². The van der Waals surface area contributed by atoms with Crippen molar-refractivity contribution >= 4 is 23.2 Å². The molecule has 0 bridgehead atoms.